The predicted molar refractivity (Wildman–Crippen MR) is 54.5 cm³/mol. The van der Waals surface area contributed by atoms with E-state index in [9.17, 15) is 4.79 Å². The Morgan fingerprint density at radius 3 is 2.77 bits per heavy atom. The van der Waals surface area contributed by atoms with Gasteiger partial charge in [0.2, 0.25) is 0 Å². The molecule has 0 rings (SSSR count). The van der Waals surface area contributed by atoms with E-state index in [4.69, 9.17) is 4.74 Å². The third kappa shape index (κ3) is 6.38. The maximum absolute atomic E-state index is 11.2. The fourth-order valence-corrected chi connectivity index (χ4v) is 1.14. The van der Waals surface area contributed by atoms with Crippen LogP contribution in [0, 0.1) is 5.92 Å². The van der Waals surface area contributed by atoms with Gasteiger partial charge in [0, 0.05) is 0 Å². The fourth-order valence-electron chi connectivity index (χ4n) is 1.14. The van der Waals surface area contributed by atoms with Crippen LogP contribution in [0.25, 0.3) is 0 Å². The minimum absolute atomic E-state index is 0.0461. The van der Waals surface area contributed by atoms with Gasteiger partial charge >= 0.3 is 5.97 Å². The lowest BCUT2D eigenvalue weighted by Crippen LogP contribution is -2.14. The zero-order valence-electron chi connectivity index (χ0n) is 8.71. The van der Waals surface area contributed by atoms with E-state index in [0.29, 0.717) is 6.61 Å². The van der Waals surface area contributed by atoms with E-state index >= 15 is 0 Å². The van der Waals surface area contributed by atoms with Gasteiger partial charge in [-0.15, -0.1) is 6.58 Å². The number of esters is 1. The first-order chi connectivity index (χ1) is 6.22. The van der Waals surface area contributed by atoms with Crippen LogP contribution in [0.2, 0.25) is 0 Å². The molecule has 0 aliphatic rings. The van der Waals surface area contributed by atoms with Gasteiger partial charge in [0.05, 0.1) is 12.5 Å². The molecule has 13 heavy (non-hydrogen) atoms. The summed E-state index contributed by atoms with van der Waals surface area (Å²) in [6.45, 7) is 7.89. The van der Waals surface area contributed by atoms with Crippen molar-refractivity contribution in [1.29, 1.82) is 0 Å². The molecule has 0 aromatic carbocycles. The summed E-state index contributed by atoms with van der Waals surface area (Å²) < 4.78 is 4.90. The van der Waals surface area contributed by atoms with E-state index in [-0.39, 0.29) is 11.9 Å². The van der Waals surface area contributed by atoms with Crippen LogP contribution in [0.4, 0.5) is 0 Å². The zero-order chi connectivity index (χ0) is 10.1. The highest BCUT2D eigenvalue weighted by molar-refractivity contribution is 5.71. The van der Waals surface area contributed by atoms with Gasteiger partial charge in [-0.1, -0.05) is 19.4 Å². The van der Waals surface area contributed by atoms with E-state index in [1.54, 1.807) is 0 Å². The summed E-state index contributed by atoms with van der Waals surface area (Å²) in [5.74, 6) is -0.0223. The second-order valence-electron chi connectivity index (χ2n) is 3.23. The van der Waals surface area contributed by atoms with Crippen LogP contribution < -0.4 is 0 Å². The van der Waals surface area contributed by atoms with E-state index in [2.05, 4.69) is 6.58 Å². The first kappa shape index (κ1) is 12.2. The van der Waals surface area contributed by atoms with E-state index < -0.39 is 0 Å². The fraction of sp³-hybridized carbons (Fsp3) is 0.727. The molecule has 1 unspecified atom stereocenters. The highest BCUT2D eigenvalue weighted by Crippen LogP contribution is 2.10. The standard InChI is InChI=1S/C11H20O2/c1-4-6-7-8-9-10(3)11(12)13-5-2/h4,10H,1,5-9H2,2-3H3. The average molecular weight is 184 g/mol. The molecule has 0 bridgehead atoms. The molecule has 2 heteroatoms. The molecule has 0 aliphatic carbocycles. The Morgan fingerprint density at radius 1 is 1.54 bits per heavy atom. The number of hydrogen-bond donors (Lipinski definition) is 0. The molecule has 0 saturated carbocycles. The largest absolute Gasteiger partial charge is 0.466 e. The molecule has 0 saturated heterocycles. The lowest BCUT2D eigenvalue weighted by Gasteiger charge is -2.09. The van der Waals surface area contributed by atoms with Crippen molar-refractivity contribution in [3.63, 3.8) is 0 Å². The Hall–Kier alpha value is -0.790. The monoisotopic (exact) mass is 184 g/mol. The van der Waals surface area contributed by atoms with Gasteiger partial charge in [0.25, 0.3) is 0 Å². The molecule has 2 nitrogen and oxygen atoms in total. The number of carbonyl (C=O) groups is 1. The van der Waals surface area contributed by atoms with Crippen molar-refractivity contribution in [1.82, 2.24) is 0 Å². The van der Waals surface area contributed by atoms with E-state index in [0.717, 1.165) is 25.7 Å². The maximum Gasteiger partial charge on any atom is 0.308 e. The third-order valence-corrected chi connectivity index (χ3v) is 1.98. The third-order valence-electron chi connectivity index (χ3n) is 1.98. The van der Waals surface area contributed by atoms with Crippen molar-refractivity contribution in [2.75, 3.05) is 6.61 Å². The van der Waals surface area contributed by atoms with Crippen LogP contribution in [-0.2, 0) is 9.53 Å². The van der Waals surface area contributed by atoms with Gasteiger partial charge in [-0.3, -0.25) is 4.79 Å². The average Bonchev–Trinajstić information content (AvgIpc) is 2.12. The van der Waals surface area contributed by atoms with Gasteiger partial charge in [-0.05, 0) is 26.2 Å². The summed E-state index contributed by atoms with van der Waals surface area (Å²) in [6, 6.07) is 0. The van der Waals surface area contributed by atoms with Crippen molar-refractivity contribution >= 4 is 5.97 Å². The lowest BCUT2D eigenvalue weighted by atomic mass is 10.0. The summed E-state index contributed by atoms with van der Waals surface area (Å²) in [6.07, 6.45) is 6.07. The summed E-state index contributed by atoms with van der Waals surface area (Å²) in [5, 5.41) is 0. The first-order valence-corrected chi connectivity index (χ1v) is 4.99. The Morgan fingerprint density at radius 2 is 2.23 bits per heavy atom. The van der Waals surface area contributed by atoms with Crippen LogP contribution in [-0.4, -0.2) is 12.6 Å². The van der Waals surface area contributed by atoms with Crippen molar-refractivity contribution < 1.29 is 9.53 Å². The van der Waals surface area contributed by atoms with Crippen LogP contribution in [0.3, 0.4) is 0 Å². The van der Waals surface area contributed by atoms with E-state index in [1.807, 2.05) is 19.9 Å². The molecule has 0 aliphatic heterocycles. The maximum atomic E-state index is 11.2. The molecule has 0 amide bonds. The molecule has 0 fully saturated rings. The van der Waals surface area contributed by atoms with Crippen molar-refractivity contribution in [2.24, 2.45) is 5.92 Å². The van der Waals surface area contributed by atoms with Crippen molar-refractivity contribution in [3.8, 4) is 0 Å². The van der Waals surface area contributed by atoms with E-state index in [1.165, 1.54) is 0 Å². The van der Waals surface area contributed by atoms with Crippen LogP contribution in [0.5, 0.6) is 0 Å². The Kier molecular flexibility index (Phi) is 7.36. The number of ether oxygens (including phenoxy) is 1. The highest BCUT2D eigenvalue weighted by atomic mass is 16.5. The number of unbranched alkanes of at least 4 members (excludes halogenated alkanes) is 2. The predicted octanol–water partition coefficient (Wildman–Crippen LogP) is 2.93. The Bertz CT molecular complexity index is 152. The summed E-state index contributed by atoms with van der Waals surface area (Å²) >= 11 is 0. The van der Waals surface area contributed by atoms with Crippen molar-refractivity contribution in [2.45, 2.75) is 39.5 Å². The van der Waals surface area contributed by atoms with Gasteiger partial charge in [-0.2, -0.15) is 0 Å². The van der Waals surface area contributed by atoms with Crippen LogP contribution in [0.15, 0.2) is 12.7 Å². The van der Waals surface area contributed by atoms with Gasteiger partial charge < -0.3 is 4.74 Å². The highest BCUT2D eigenvalue weighted by Gasteiger charge is 2.12. The summed E-state index contributed by atoms with van der Waals surface area (Å²) in [5.41, 5.74) is 0. The lowest BCUT2D eigenvalue weighted by molar-refractivity contribution is -0.147. The van der Waals surface area contributed by atoms with Crippen molar-refractivity contribution in [3.05, 3.63) is 12.7 Å². The molecule has 0 heterocycles. The molecule has 1 atom stereocenters. The topological polar surface area (TPSA) is 26.3 Å². The SMILES string of the molecule is C=CCCCCC(C)C(=O)OCC. The second kappa shape index (κ2) is 7.84. The number of allylic oxidation sites excluding steroid dienone is 1. The van der Waals surface area contributed by atoms with Gasteiger partial charge in [0.15, 0.2) is 0 Å². The molecule has 0 radical (unpaired) electrons. The summed E-state index contributed by atoms with van der Waals surface area (Å²) in [7, 11) is 0. The summed E-state index contributed by atoms with van der Waals surface area (Å²) in [4.78, 5) is 11.2. The van der Waals surface area contributed by atoms with Gasteiger partial charge in [0.1, 0.15) is 0 Å². The van der Waals surface area contributed by atoms with Gasteiger partial charge in [-0.25, -0.2) is 0 Å². The number of carbonyl (C=O) groups excluding carboxylic acids is 1. The molecule has 0 spiro atoms. The quantitative estimate of drug-likeness (QED) is 0.345. The Balaban J connectivity index is 3.43. The van der Waals surface area contributed by atoms with Crippen LogP contribution in [0.1, 0.15) is 39.5 Å². The minimum Gasteiger partial charge on any atom is -0.466 e. The molecule has 0 aromatic heterocycles. The zero-order valence-corrected chi connectivity index (χ0v) is 8.71. The Labute approximate surface area is 81.0 Å². The molecular weight excluding hydrogens is 164 g/mol. The molecule has 0 aromatic rings. The van der Waals surface area contributed by atoms with Crippen LogP contribution >= 0.6 is 0 Å². The molecular formula is C11H20O2. The molecule has 76 valence electrons. The minimum atomic E-state index is -0.0684. The normalized spacial score (nSPS) is 12.2. The smallest absolute Gasteiger partial charge is 0.308 e. The second-order valence-corrected chi connectivity index (χ2v) is 3.23. The molecule has 0 N–H and O–H groups in total. The number of rotatable bonds is 7. The first-order valence-electron chi connectivity index (χ1n) is 4.99. The number of hydrogen-bond acceptors (Lipinski definition) is 2.